The van der Waals surface area contributed by atoms with Gasteiger partial charge in [-0.05, 0) is 31.2 Å². The van der Waals surface area contributed by atoms with Crippen molar-refractivity contribution in [1.29, 1.82) is 0 Å². The van der Waals surface area contributed by atoms with E-state index in [9.17, 15) is 26.0 Å². The molecule has 0 aromatic heterocycles. The molecule has 0 unspecified atom stereocenters. The minimum absolute atomic E-state index is 0.0707. The van der Waals surface area contributed by atoms with Crippen LogP contribution in [0.15, 0.2) is 34.7 Å². The molecule has 122 valence electrons. The van der Waals surface area contributed by atoms with Crippen molar-refractivity contribution in [3.63, 3.8) is 0 Å². The van der Waals surface area contributed by atoms with Crippen molar-refractivity contribution in [2.45, 2.75) is 17.5 Å². The third-order valence-electron chi connectivity index (χ3n) is 3.18. The summed E-state index contributed by atoms with van der Waals surface area (Å²) in [5, 5.41) is 3.03. The molecular weight excluding hydrogens is 324 g/mol. The van der Waals surface area contributed by atoms with Crippen LogP contribution >= 0.6 is 0 Å². The van der Waals surface area contributed by atoms with Crippen LogP contribution in [0.5, 0.6) is 0 Å². The van der Waals surface area contributed by atoms with Crippen LogP contribution in [-0.2, 0) is 16.2 Å². The van der Waals surface area contributed by atoms with Crippen LogP contribution in [-0.4, -0.2) is 28.1 Å². The Bertz CT molecular complexity index is 684. The molecule has 0 atom stereocenters. The van der Waals surface area contributed by atoms with E-state index >= 15 is 0 Å². The summed E-state index contributed by atoms with van der Waals surface area (Å²) >= 11 is 0. The van der Waals surface area contributed by atoms with Gasteiger partial charge in [0.25, 0.3) is 0 Å². The number of halogens is 4. The van der Waals surface area contributed by atoms with Gasteiger partial charge in [0.05, 0.1) is 10.5 Å². The van der Waals surface area contributed by atoms with Gasteiger partial charge in [-0.25, -0.2) is 17.5 Å². The second-order valence-electron chi connectivity index (χ2n) is 4.78. The molecule has 1 aliphatic rings. The molecular formula is C13H14F4N2O2S. The van der Waals surface area contributed by atoms with Gasteiger partial charge in [-0.15, -0.1) is 0 Å². The number of hydrogen-bond acceptors (Lipinski definition) is 3. The molecule has 9 heteroatoms. The second-order valence-corrected chi connectivity index (χ2v) is 6.51. The van der Waals surface area contributed by atoms with Gasteiger partial charge in [-0.1, -0.05) is 11.6 Å². The number of hydrogen-bond donors (Lipinski definition) is 2. The van der Waals surface area contributed by atoms with E-state index in [0.717, 1.165) is 5.57 Å². The standard InChI is InChI=1S/C13H14F4N2O2S/c14-10-1-2-12(11(7-10)13(15,16)17)22(20,21)19-8-9-3-5-18-6-4-9/h1-3,7,18-19H,4-6,8H2. The lowest BCUT2D eigenvalue weighted by molar-refractivity contribution is -0.140. The zero-order valence-electron chi connectivity index (χ0n) is 11.4. The normalized spacial score (nSPS) is 16.5. The average Bonchev–Trinajstić information content (AvgIpc) is 2.45. The molecule has 22 heavy (non-hydrogen) atoms. The highest BCUT2D eigenvalue weighted by Crippen LogP contribution is 2.34. The Kier molecular flexibility index (Phi) is 4.88. The smallest absolute Gasteiger partial charge is 0.313 e. The molecule has 4 nitrogen and oxygen atoms in total. The van der Waals surface area contributed by atoms with Gasteiger partial charge in [0.2, 0.25) is 10.0 Å². The molecule has 0 spiro atoms. The number of sulfonamides is 1. The third-order valence-corrected chi connectivity index (χ3v) is 4.64. The Morgan fingerprint density at radius 2 is 2.00 bits per heavy atom. The monoisotopic (exact) mass is 338 g/mol. The van der Waals surface area contributed by atoms with Gasteiger partial charge in [0.15, 0.2) is 0 Å². The second kappa shape index (κ2) is 6.35. The molecule has 2 N–H and O–H groups in total. The van der Waals surface area contributed by atoms with Crippen molar-refractivity contribution in [3.8, 4) is 0 Å². The van der Waals surface area contributed by atoms with Crippen molar-refractivity contribution in [3.05, 3.63) is 41.2 Å². The molecule has 0 radical (unpaired) electrons. The Hall–Kier alpha value is -1.45. The fourth-order valence-electron chi connectivity index (χ4n) is 2.05. The number of rotatable bonds is 4. The van der Waals surface area contributed by atoms with E-state index in [2.05, 4.69) is 10.0 Å². The SMILES string of the molecule is O=S(=O)(NCC1=CCNCC1)c1ccc(F)cc1C(F)(F)F. The molecule has 1 aromatic rings. The number of benzene rings is 1. The quantitative estimate of drug-likeness (QED) is 0.652. The first-order valence-electron chi connectivity index (χ1n) is 6.45. The summed E-state index contributed by atoms with van der Waals surface area (Å²) in [5.41, 5.74) is -0.725. The molecule has 0 fully saturated rings. The van der Waals surface area contributed by atoms with Crippen LogP contribution in [0.1, 0.15) is 12.0 Å². The first-order valence-corrected chi connectivity index (χ1v) is 7.93. The van der Waals surface area contributed by atoms with Gasteiger partial charge in [-0.3, -0.25) is 0 Å². The van der Waals surface area contributed by atoms with Crippen LogP contribution in [0.4, 0.5) is 17.6 Å². The van der Waals surface area contributed by atoms with Crippen LogP contribution < -0.4 is 10.0 Å². The van der Waals surface area contributed by atoms with E-state index in [0.29, 0.717) is 31.6 Å². The fraction of sp³-hybridized carbons (Fsp3) is 0.385. The summed E-state index contributed by atoms with van der Waals surface area (Å²) < 4.78 is 77.9. The van der Waals surface area contributed by atoms with E-state index in [1.165, 1.54) is 0 Å². The van der Waals surface area contributed by atoms with E-state index < -0.39 is 32.5 Å². The predicted molar refractivity (Wildman–Crippen MR) is 72.2 cm³/mol. The molecule has 1 heterocycles. The first-order chi connectivity index (χ1) is 10.2. The lowest BCUT2D eigenvalue weighted by Crippen LogP contribution is -2.31. The summed E-state index contributed by atoms with van der Waals surface area (Å²) in [7, 11) is -4.39. The van der Waals surface area contributed by atoms with Gasteiger partial charge in [-0.2, -0.15) is 13.2 Å². The van der Waals surface area contributed by atoms with Crippen LogP contribution in [0.25, 0.3) is 0 Å². The van der Waals surface area contributed by atoms with E-state index in [4.69, 9.17) is 0 Å². The third kappa shape index (κ3) is 4.05. The summed E-state index contributed by atoms with van der Waals surface area (Å²) in [6.07, 6.45) is -2.57. The van der Waals surface area contributed by atoms with Gasteiger partial charge >= 0.3 is 6.18 Å². The Balaban J connectivity index is 2.27. The van der Waals surface area contributed by atoms with E-state index in [-0.39, 0.29) is 12.6 Å². The molecule has 0 saturated heterocycles. The molecule has 2 rings (SSSR count). The van der Waals surface area contributed by atoms with Crippen molar-refractivity contribution in [2.75, 3.05) is 19.6 Å². The Morgan fingerprint density at radius 3 is 2.59 bits per heavy atom. The van der Waals surface area contributed by atoms with Crippen LogP contribution in [0, 0.1) is 5.82 Å². The fourth-order valence-corrected chi connectivity index (χ4v) is 3.30. The Labute approximate surface area is 125 Å². The highest BCUT2D eigenvalue weighted by atomic mass is 32.2. The zero-order valence-corrected chi connectivity index (χ0v) is 12.2. The maximum atomic E-state index is 13.0. The van der Waals surface area contributed by atoms with Gasteiger partial charge in [0, 0.05) is 13.1 Å². The molecule has 1 aliphatic heterocycles. The molecule has 0 bridgehead atoms. The van der Waals surface area contributed by atoms with Crippen LogP contribution in [0.2, 0.25) is 0 Å². The lowest BCUT2D eigenvalue weighted by atomic mass is 10.1. The molecule has 1 aromatic carbocycles. The largest absolute Gasteiger partial charge is 0.417 e. The predicted octanol–water partition coefficient (Wildman–Crippen LogP) is 2.04. The summed E-state index contributed by atoms with van der Waals surface area (Å²) in [6.45, 7) is 1.19. The molecule has 0 amide bonds. The van der Waals surface area contributed by atoms with Crippen molar-refractivity contribution in [2.24, 2.45) is 0 Å². The van der Waals surface area contributed by atoms with Crippen molar-refractivity contribution in [1.82, 2.24) is 10.0 Å². The van der Waals surface area contributed by atoms with Crippen LogP contribution in [0.3, 0.4) is 0 Å². The van der Waals surface area contributed by atoms with Gasteiger partial charge in [0.1, 0.15) is 5.82 Å². The van der Waals surface area contributed by atoms with Crippen molar-refractivity contribution < 1.29 is 26.0 Å². The van der Waals surface area contributed by atoms with Crippen molar-refractivity contribution >= 4 is 10.0 Å². The minimum atomic E-state index is -4.96. The minimum Gasteiger partial charge on any atom is -0.313 e. The highest BCUT2D eigenvalue weighted by molar-refractivity contribution is 7.89. The van der Waals surface area contributed by atoms with E-state index in [1.54, 1.807) is 6.08 Å². The Morgan fingerprint density at radius 1 is 1.27 bits per heavy atom. The summed E-state index contributed by atoms with van der Waals surface area (Å²) in [4.78, 5) is -0.976. The highest BCUT2D eigenvalue weighted by Gasteiger charge is 2.37. The summed E-state index contributed by atoms with van der Waals surface area (Å²) in [5.74, 6) is -1.15. The maximum Gasteiger partial charge on any atom is 0.417 e. The first kappa shape index (κ1) is 16.9. The number of alkyl halides is 3. The average molecular weight is 338 g/mol. The molecule has 0 saturated carbocycles. The molecule has 0 aliphatic carbocycles. The number of nitrogens with one attached hydrogen (secondary N) is 2. The summed E-state index contributed by atoms with van der Waals surface area (Å²) in [6, 6.07) is 1.49. The lowest BCUT2D eigenvalue weighted by Gasteiger charge is -2.17. The topological polar surface area (TPSA) is 58.2 Å². The van der Waals surface area contributed by atoms with Gasteiger partial charge < -0.3 is 5.32 Å². The zero-order chi connectivity index (χ0) is 16.4. The maximum absolute atomic E-state index is 13.0. The van der Waals surface area contributed by atoms with E-state index in [1.807, 2.05) is 0 Å².